The van der Waals surface area contributed by atoms with Gasteiger partial charge in [0, 0.05) is 43.2 Å². The number of rotatable bonds is 10. The fourth-order valence-electron chi connectivity index (χ4n) is 3.86. The Kier molecular flexibility index (Phi) is 8.74. The van der Waals surface area contributed by atoms with Gasteiger partial charge in [0.2, 0.25) is 5.91 Å². The van der Waals surface area contributed by atoms with E-state index in [1.165, 1.54) is 23.1 Å². The van der Waals surface area contributed by atoms with Crippen LogP contribution in [0.15, 0.2) is 24.3 Å². The molecule has 32 heavy (non-hydrogen) atoms. The maximum atomic E-state index is 14.3. The molecule has 2 rings (SSSR count). The largest absolute Gasteiger partial charge is 0.375 e. The lowest BCUT2D eigenvalue weighted by molar-refractivity contribution is -0.137. The van der Waals surface area contributed by atoms with Gasteiger partial charge in [-0.25, -0.2) is 8.78 Å². The first-order valence-electron chi connectivity index (χ1n) is 11.4. The van der Waals surface area contributed by atoms with E-state index in [1.54, 1.807) is 0 Å². The maximum Gasteiger partial charge on any atom is 0.269 e. The zero-order chi connectivity index (χ0) is 24.0. The van der Waals surface area contributed by atoms with Crippen molar-refractivity contribution in [2.45, 2.75) is 89.7 Å². The molecule has 8 heteroatoms. The fourth-order valence-corrected chi connectivity index (χ4v) is 3.86. The van der Waals surface area contributed by atoms with Gasteiger partial charge in [-0.2, -0.15) is 0 Å². The van der Waals surface area contributed by atoms with E-state index in [0.717, 1.165) is 12.5 Å². The third-order valence-corrected chi connectivity index (χ3v) is 6.03. The number of allylic oxidation sites excluding steroid dienone is 2. The minimum absolute atomic E-state index is 0.209. The third kappa shape index (κ3) is 8.11. The van der Waals surface area contributed by atoms with Gasteiger partial charge in [0.1, 0.15) is 0 Å². The Hall–Kier alpha value is -2.09. The molecule has 0 bridgehead atoms. The highest BCUT2D eigenvalue weighted by Gasteiger charge is 2.38. The molecule has 1 N–H and O–H groups in total. The number of alkyl halides is 2. The first-order valence-corrected chi connectivity index (χ1v) is 11.4. The summed E-state index contributed by atoms with van der Waals surface area (Å²) in [6.07, 6.45) is 8.26. The first kappa shape index (κ1) is 26.2. The molecule has 1 aliphatic heterocycles. The van der Waals surface area contributed by atoms with Crippen LogP contribution < -0.4 is 5.32 Å². The summed E-state index contributed by atoms with van der Waals surface area (Å²) >= 11 is 0. The number of halogens is 2. The smallest absolute Gasteiger partial charge is 0.269 e. The van der Waals surface area contributed by atoms with Crippen molar-refractivity contribution in [1.29, 1.82) is 0 Å². The molecule has 1 aliphatic carbocycles. The molecule has 0 saturated heterocycles. The summed E-state index contributed by atoms with van der Waals surface area (Å²) in [6, 6.07) is 0. The maximum absolute atomic E-state index is 14.3. The SMILES string of the molecule is CC(C)(CCOC(C)(C)CCN1C(=O)C=CC1=O)NC(=O)CC1CCCC/C=C\C1(F)F. The second-order valence-electron chi connectivity index (χ2n) is 9.96. The van der Waals surface area contributed by atoms with Crippen LogP contribution in [0.25, 0.3) is 0 Å². The molecule has 2 aliphatic rings. The molecule has 0 saturated carbocycles. The van der Waals surface area contributed by atoms with E-state index >= 15 is 0 Å². The highest BCUT2D eigenvalue weighted by Crippen LogP contribution is 2.35. The summed E-state index contributed by atoms with van der Waals surface area (Å²) in [5, 5.41) is 2.87. The Balaban J connectivity index is 1.77. The molecule has 1 unspecified atom stereocenters. The van der Waals surface area contributed by atoms with Gasteiger partial charge in [-0.3, -0.25) is 19.3 Å². The van der Waals surface area contributed by atoms with Crippen LogP contribution in [0.4, 0.5) is 8.78 Å². The van der Waals surface area contributed by atoms with Gasteiger partial charge >= 0.3 is 0 Å². The predicted octanol–water partition coefficient (Wildman–Crippen LogP) is 4.15. The molecule has 6 nitrogen and oxygen atoms in total. The lowest BCUT2D eigenvalue weighted by atomic mass is 9.88. The number of nitrogens with zero attached hydrogens (tertiary/aromatic N) is 1. The molecule has 0 aromatic rings. The van der Waals surface area contributed by atoms with Crippen LogP contribution in [0.2, 0.25) is 0 Å². The normalized spacial score (nSPS) is 22.6. The summed E-state index contributed by atoms with van der Waals surface area (Å²) in [4.78, 5) is 37.0. The monoisotopic (exact) mass is 454 g/mol. The number of hydrogen-bond acceptors (Lipinski definition) is 4. The van der Waals surface area contributed by atoms with E-state index < -0.39 is 23.0 Å². The number of hydrogen-bond donors (Lipinski definition) is 1. The van der Waals surface area contributed by atoms with Gasteiger partial charge in [-0.15, -0.1) is 0 Å². The van der Waals surface area contributed by atoms with Crippen molar-refractivity contribution in [3.63, 3.8) is 0 Å². The molecular formula is C24H36F2N2O4. The quantitative estimate of drug-likeness (QED) is 0.397. The van der Waals surface area contributed by atoms with Crippen molar-refractivity contribution < 1.29 is 27.9 Å². The van der Waals surface area contributed by atoms with E-state index in [2.05, 4.69) is 5.32 Å². The summed E-state index contributed by atoms with van der Waals surface area (Å²) in [6.45, 7) is 8.03. The molecule has 1 atom stereocenters. The minimum atomic E-state index is -2.97. The average Bonchev–Trinajstić information content (AvgIpc) is 2.97. The van der Waals surface area contributed by atoms with Crippen LogP contribution in [0.3, 0.4) is 0 Å². The Labute approximate surface area is 189 Å². The second-order valence-corrected chi connectivity index (χ2v) is 9.96. The first-order chi connectivity index (χ1) is 14.8. The van der Waals surface area contributed by atoms with Gasteiger partial charge in [0.25, 0.3) is 17.7 Å². The molecule has 0 radical (unpaired) electrons. The van der Waals surface area contributed by atoms with E-state index in [-0.39, 0.29) is 30.7 Å². The van der Waals surface area contributed by atoms with Crippen LogP contribution in [0, 0.1) is 5.92 Å². The van der Waals surface area contributed by atoms with Crippen molar-refractivity contribution >= 4 is 17.7 Å². The van der Waals surface area contributed by atoms with Crippen LogP contribution in [-0.2, 0) is 19.1 Å². The second kappa shape index (κ2) is 10.7. The molecule has 3 amide bonds. The van der Waals surface area contributed by atoms with Gasteiger partial charge in [0.05, 0.1) is 5.60 Å². The van der Waals surface area contributed by atoms with Crippen LogP contribution in [-0.4, -0.2) is 52.8 Å². The number of nitrogens with one attached hydrogen (secondary N) is 1. The Morgan fingerprint density at radius 1 is 1.16 bits per heavy atom. The van der Waals surface area contributed by atoms with Crippen LogP contribution >= 0.6 is 0 Å². The lowest BCUT2D eigenvalue weighted by Gasteiger charge is -2.32. The Morgan fingerprint density at radius 2 is 1.81 bits per heavy atom. The molecule has 0 fully saturated rings. The standard InChI is InChI=1S/C24H36F2N2O4/c1-22(2,27-19(29)17-18-9-7-5-6-8-12-24(18,25)26)14-16-32-23(3,4)13-15-28-20(30)10-11-21(28)31/h8,10-12,18H,5-7,9,13-17H2,1-4H3,(H,27,29)/b12-8-. The number of carbonyl (C=O) groups excluding carboxylic acids is 3. The highest BCUT2D eigenvalue weighted by atomic mass is 19.3. The minimum Gasteiger partial charge on any atom is -0.375 e. The third-order valence-electron chi connectivity index (χ3n) is 6.03. The number of ether oxygens (including phenoxy) is 1. The molecule has 1 heterocycles. The molecular weight excluding hydrogens is 418 g/mol. The molecule has 0 aromatic heterocycles. The number of amides is 3. The van der Waals surface area contributed by atoms with Gasteiger partial charge in [-0.1, -0.05) is 12.5 Å². The molecule has 180 valence electrons. The van der Waals surface area contributed by atoms with Crippen LogP contribution in [0.1, 0.15) is 72.6 Å². The summed E-state index contributed by atoms with van der Waals surface area (Å²) < 4.78 is 34.6. The highest BCUT2D eigenvalue weighted by molar-refractivity contribution is 6.12. The number of imide groups is 1. The van der Waals surface area contributed by atoms with Crippen molar-refractivity contribution in [3.8, 4) is 0 Å². The van der Waals surface area contributed by atoms with Gasteiger partial charge in [0.15, 0.2) is 0 Å². The van der Waals surface area contributed by atoms with E-state index in [4.69, 9.17) is 4.74 Å². The molecule has 0 aromatic carbocycles. The summed E-state index contributed by atoms with van der Waals surface area (Å²) in [5.41, 5.74) is -1.19. The van der Waals surface area contributed by atoms with Crippen molar-refractivity contribution in [2.75, 3.05) is 13.2 Å². The summed E-state index contributed by atoms with van der Waals surface area (Å²) in [7, 11) is 0. The van der Waals surface area contributed by atoms with E-state index in [9.17, 15) is 23.2 Å². The Bertz CT molecular complexity index is 741. The fraction of sp³-hybridized carbons (Fsp3) is 0.708. The Morgan fingerprint density at radius 3 is 2.47 bits per heavy atom. The summed E-state index contributed by atoms with van der Waals surface area (Å²) in [5.74, 6) is -4.98. The van der Waals surface area contributed by atoms with Gasteiger partial charge in [-0.05, 0) is 65.9 Å². The average molecular weight is 455 g/mol. The zero-order valence-corrected chi connectivity index (χ0v) is 19.6. The predicted molar refractivity (Wildman–Crippen MR) is 118 cm³/mol. The molecule has 0 spiro atoms. The van der Waals surface area contributed by atoms with E-state index in [1.807, 2.05) is 27.7 Å². The topological polar surface area (TPSA) is 75.7 Å². The number of carbonyl (C=O) groups is 3. The van der Waals surface area contributed by atoms with Gasteiger partial charge < -0.3 is 10.1 Å². The van der Waals surface area contributed by atoms with Crippen LogP contribution in [0.5, 0.6) is 0 Å². The lowest BCUT2D eigenvalue weighted by Crippen LogP contribution is -2.46. The van der Waals surface area contributed by atoms with Crippen molar-refractivity contribution in [3.05, 3.63) is 24.3 Å². The van der Waals surface area contributed by atoms with E-state index in [0.29, 0.717) is 38.7 Å². The van der Waals surface area contributed by atoms with Crippen molar-refractivity contribution in [2.24, 2.45) is 5.92 Å². The zero-order valence-electron chi connectivity index (χ0n) is 19.6. The van der Waals surface area contributed by atoms with Crippen molar-refractivity contribution in [1.82, 2.24) is 10.2 Å².